The van der Waals surface area contributed by atoms with Crippen molar-refractivity contribution in [3.8, 4) is 16.9 Å². The summed E-state index contributed by atoms with van der Waals surface area (Å²) in [6.45, 7) is 1.91. The van der Waals surface area contributed by atoms with Crippen LogP contribution in [0.5, 0.6) is 5.75 Å². The Morgan fingerprint density at radius 3 is 1.87 bits per heavy atom. The summed E-state index contributed by atoms with van der Waals surface area (Å²) in [6.07, 6.45) is -5.24. The van der Waals surface area contributed by atoms with E-state index in [0.717, 1.165) is 12.0 Å². The standard InChI is InChI=1S/C23H16F7O/c1-2-12-3-6-14(7-4-12)20-19(31)11-16(24)15(22(20)27)8-5-13-9-17(25)21(18(26)10-13)23(28,29)30/h3-4,6-7,9-11H,2,5,8H2,1H3. The van der Waals surface area contributed by atoms with Crippen LogP contribution >= 0.6 is 0 Å². The minimum Gasteiger partial charge on any atom is -0.289 e. The third kappa shape index (κ3) is 4.68. The topological polar surface area (TPSA) is 19.9 Å². The molecule has 0 aliphatic rings. The monoisotopic (exact) mass is 441 g/mol. The Hall–Kier alpha value is -3.03. The number of aryl methyl sites for hydroxylation is 2. The van der Waals surface area contributed by atoms with Gasteiger partial charge in [-0.2, -0.15) is 13.2 Å². The lowest BCUT2D eigenvalue weighted by atomic mass is 9.95. The molecule has 0 fully saturated rings. The average molecular weight is 441 g/mol. The molecule has 0 atom stereocenters. The predicted octanol–water partition coefficient (Wildman–Crippen LogP) is 7.42. The largest absolute Gasteiger partial charge is 0.422 e. The number of hydrogen-bond acceptors (Lipinski definition) is 0. The van der Waals surface area contributed by atoms with Gasteiger partial charge in [0.1, 0.15) is 28.8 Å². The summed E-state index contributed by atoms with van der Waals surface area (Å²) < 4.78 is 94.8. The van der Waals surface area contributed by atoms with Crippen LogP contribution in [0.4, 0.5) is 30.7 Å². The number of alkyl halides is 3. The van der Waals surface area contributed by atoms with Crippen molar-refractivity contribution in [2.45, 2.75) is 32.4 Å². The molecule has 0 saturated carbocycles. The van der Waals surface area contributed by atoms with E-state index in [2.05, 4.69) is 0 Å². The van der Waals surface area contributed by atoms with Crippen molar-refractivity contribution in [1.29, 1.82) is 0 Å². The van der Waals surface area contributed by atoms with Crippen molar-refractivity contribution >= 4 is 0 Å². The summed E-state index contributed by atoms with van der Waals surface area (Å²) in [7, 11) is 0. The van der Waals surface area contributed by atoms with Gasteiger partial charge in [-0.25, -0.2) is 17.6 Å². The maximum absolute atomic E-state index is 15.0. The van der Waals surface area contributed by atoms with Crippen molar-refractivity contribution in [3.63, 3.8) is 0 Å². The first-order valence-corrected chi connectivity index (χ1v) is 9.35. The molecule has 0 heterocycles. The summed E-state index contributed by atoms with van der Waals surface area (Å²) in [6, 6.07) is 8.04. The zero-order chi connectivity index (χ0) is 22.9. The lowest BCUT2D eigenvalue weighted by Gasteiger charge is -2.13. The van der Waals surface area contributed by atoms with Gasteiger partial charge in [0.15, 0.2) is 5.75 Å². The fourth-order valence-corrected chi connectivity index (χ4v) is 3.35. The second-order valence-corrected chi connectivity index (χ2v) is 7.01. The Morgan fingerprint density at radius 2 is 1.35 bits per heavy atom. The third-order valence-electron chi connectivity index (χ3n) is 4.98. The molecule has 0 saturated heterocycles. The predicted molar refractivity (Wildman–Crippen MR) is 100 cm³/mol. The van der Waals surface area contributed by atoms with Crippen LogP contribution < -0.4 is 0 Å². The minimum absolute atomic E-state index is 0.207. The van der Waals surface area contributed by atoms with Crippen LogP contribution in [-0.4, -0.2) is 0 Å². The van der Waals surface area contributed by atoms with Crippen LogP contribution in [0.15, 0.2) is 42.5 Å². The van der Waals surface area contributed by atoms with E-state index >= 15 is 4.39 Å². The zero-order valence-electron chi connectivity index (χ0n) is 16.2. The van der Waals surface area contributed by atoms with Crippen molar-refractivity contribution in [1.82, 2.24) is 0 Å². The highest BCUT2D eigenvalue weighted by Crippen LogP contribution is 2.37. The van der Waals surface area contributed by atoms with Gasteiger partial charge in [-0.15, -0.1) is 0 Å². The lowest BCUT2D eigenvalue weighted by molar-refractivity contribution is -0.142. The van der Waals surface area contributed by atoms with Crippen molar-refractivity contribution in [2.24, 2.45) is 0 Å². The molecule has 0 aliphatic carbocycles. The van der Waals surface area contributed by atoms with E-state index in [0.29, 0.717) is 18.2 Å². The summed E-state index contributed by atoms with van der Waals surface area (Å²) in [4.78, 5) is 0. The number of benzene rings is 3. The fraction of sp³-hybridized carbons (Fsp3) is 0.217. The maximum Gasteiger partial charge on any atom is 0.422 e. The molecule has 0 unspecified atom stereocenters. The molecule has 163 valence electrons. The Balaban J connectivity index is 1.94. The van der Waals surface area contributed by atoms with E-state index in [1.807, 2.05) is 6.92 Å². The third-order valence-corrected chi connectivity index (χ3v) is 4.98. The van der Waals surface area contributed by atoms with Gasteiger partial charge in [0.05, 0.1) is 5.56 Å². The summed E-state index contributed by atoms with van der Waals surface area (Å²) in [5, 5.41) is 12.2. The Morgan fingerprint density at radius 1 is 0.774 bits per heavy atom. The molecule has 1 nitrogen and oxygen atoms in total. The molecular weight excluding hydrogens is 425 g/mol. The molecule has 3 aromatic carbocycles. The molecule has 0 aromatic heterocycles. The quantitative estimate of drug-likeness (QED) is 0.367. The van der Waals surface area contributed by atoms with Gasteiger partial charge >= 0.3 is 6.18 Å². The average Bonchev–Trinajstić information content (AvgIpc) is 2.66. The highest BCUT2D eigenvalue weighted by molar-refractivity contribution is 5.72. The van der Waals surface area contributed by atoms with Crippen molar-refractivity contribution in [2.75, 3.05) is 0 Å². The second-order valence-electron chi connectivity index (χ2n) is 7.01. The van der Waals surface area contributed by atoms with Gasteiger partial charge in [0.2, 0.25) is 0 Å². The molecule has 0 bridgehead atoms. The zero-order valence-corrected chi connectivity index (χ0v) is 16.2. The molecule has 8 heteroatoms. The van der Waals surface area contributed by atoms with Crippen LogP contribution in [0, 0.1) is 23.3 Å². The molecule has 0 amide bonds. The number of hydrogen-bond donors (Lipinski definition) is 0. The molecule has 3 aromatic rings. The highest BCUT2D eigenvalue weighted by Gasteiger charge is 2.37. The normalized spacial score (nSPS) is 11.7. The number of rotatable bonds is 5. The minimum atomic E-state index is -5.21. The Labute approximate surface area is 173 Å². The molecule has 0 N–H and O–H groups in total. The lowest BCUT2D eigenvalue weighted by Crippen LogP contribution is -2.12. The van der Waals surface area contributed by atoms with E-state index in [-0.39, 0.29) is 23.1 Å². The van der Waals surface area contributed by atoms with E-state index in [9.17, 15) is 31.4 Å². The molecule has 0 aliphatic heterocycles. The SMILES string of the molecule is CCc1ccc(-c2c([O])cc(F)c(CCc3cc(F)c(C(F)(F)F)c(F)c3)c2F)cc1. The molecule has 3 rings (SSSR count). The van der Waals surface area contributed by atoms with Gasteiger partial charge in [-0.1, -0.05) is 31.2 Å². The van der Waals surface area contributed by atoms with Crippen LogP contribution in [0.2, 0.25) is 0 Å². The van der Waals surface area contributed by atoms with Crippen LogP contribution in [0.25, 0.3) is 11.1 Å². The maximum atomic E-state index is 15.0. The molecule has 0 spiro atoms. The van der Waals surface area contributed by atoms with Gasteiger partial charge in [-0.3, -0.25) is 5.11 Å². The fourth-order valence-electron chi connectivity index (χ4n) is 3.35. The van der Waals surface area contributed by atoms with E-state index < -0.39 is 52.7 Å². The van der Waals surface area contributed by atoms with Gasteiger partial charge in [0.25, 0.3) is 0 Å². The van der Waals surface area contributed by atoms with E-state index in [1.54, 1.807) is 12.1 Å². The van der Waals surface area contributed by atoms with Crippen LogP contribution in [-0.2, 0) is 30.5 Å². The van der Waals surface area contributed by atoms with E-state index in [4.69, 9.17) is 0 Å². The van der Waals surface area contributed by atoms with Crippen LogP contribution in [0.3, 0.4) is 0 Å². The molecule has 31 heavy (non-hydrogen) atoms. The van der Waals surface area contributed by atoms with E-state index in [1.165, 1.54) is 12.1 Å². The van der Waals surface area contributed by atoms with Gasteiger partial charge in [-0.05, 0) is 48.1 Å². The number of halogens is 7. The first-order valence-electron chi connectivity index (χ1n) is 9.35. The highest BCUT2D eigenvalue weighted by atomic mass is 19.4. The van der Waals surface area contributed by atoms with Gasteiger partial charge in [0, 0.05) is 11.6 Å². The molecular formula is C23H16F7O. The summed E-state index contributed by atoms with van der Waals surface area (Å²) >= 11 is 0. The summed E-state index contributed by atoms with van der Waals surface area (Å²) in [5.74, 6) is -6.73. The second kappa shape index (κ2) is 8.61. The Bertz CT molecular complexity index is 1080. The van der Waals surface area contributed by atoms with Crippen LogP contribution in [0.1, 0.15) is 29.2 Å². The molecule has 1 radical (unpaired) electrons. The van der Waals surface area contributed by atoms with Gasteiger partial charge < -0.3 is 0 Å². The van der Waals surface area contributed by atoms with Crippen molar-refractivity contribution in [3.05, 3.63) is 88.0 Å². The first kappa shape index (κ1) is 22.7. The Kier molecular flexibility index (Phi) is 6.29. The summed E-state index contributed by atoms with van der Waals surface area (Å²) in [5.41, 5.74) is -1.87. The smallest absolute Gasteiger partial charge is 0.289 e. The van der Waals surface area contributed by atoms with Crippen molar-refractivity contribution < 1.29 is 35.8 Å². The first-order chi connectivity index (χ1) is 14.5.